The van der Waals surface area contributed by atoms with Crippen LogP contribution in [0, 0.1) is 12.7 Å². The lowest BCUT2D eigenvalue weighted by Crippen LogP contribution is -2.19. The Morgan fingerprint density at radius 1 is 0.964 bits per heavy atom. The molecule has 0 unspecified atom stereocenters. The summed E-state index contributed by atoms with van der Waals surface area (Å²) in [6.07, 6.45) is 9.16. The predicted octanol–water partition coefficient (Wildman–Crippen LogP) is 7.83. The van der Waals surface area contributed by atoms with Gasteiger partial charge in [-0.15, -0.1) is 0 Å². The Bertz CT molecular complexity index is 799. The standard InChI is InChI=1S/C25H36ClFS/c1-8-18-14-21(15-19(9-2)24(18)27)25(4,5)12-10-11-20-16-22(28(6)7)13-17(3)23(20)26/h13-16,28H,8-12H2,1-7H3. The van der Waals surface area contributed by atoms with E-state index in [4.69, 9.17) is 11.6 Å². The number of benzene rings is 2. The zero-order chi connectivity index (χ0) is 21.1. The number of hydrogen-bond acceptors (Lipinski definition) is 0. The molecule has 0 fully saturated rings. The van der Waals surface area contributed by atoms with Crippen molar-refractivity contribution in [2.24, 2.45) is 0 Å². The molecule has 2 aromatic rings. The first-order valence-corrected chi connectivity index (χ1v) is 13.0. The van der Waals surface area contributed by atoms with Gasteiger partial charge in [-0.25, -0.2) is 15.3 Å². The van der Waals surface area contributed by atoms with Crippen LogP contribution in [0.15, 0.2) is 29.2 Å². The molecule has 0 spiro atoms. The monoisotopic (exact) mass is 422 g/mol. The second kappa shape index (κ2) is 9.67. The van der Waals surface area contributed by atoms with Gasteiger partial charge in [-0.05, 0) is 102 Å². The van der Waals surface area contributed by atoms with E-state index < -0.39 is 0 Å². The van der Waals surface area contributed by atoms with Crippen molar-refractivity contribution in [2.45, 2.75) is 77.0 Å². The molecule has 0 bridgehead atoms. The maximum Gasteiger partial charge on any atom is 0.129 e. The molecule has 0 amide bonds. The van der Waals surface area contributed by atoms with E-state index >= 15 is 0 Å². The molecule has 0 aliphatic carbocycles. The molecule has 0 aromatic heterocycles. The Kier molecular flexibility index (Phi) is 8.05. The summed E-state index contributed by atoms with van der Waals surface area (Å²) in [5.74, 6) is -0.0146. The van der Waals surface area contributed by atoms with Crippen molar-refractivity contribution in [3.8, 4) is 0 Å². The van der Waals surface area contributed by atoms with E-state index in [1.807, 2.05) is 13.8 Å². The van der Waals surface area contributed by atoms with Crippen LogP contribution in [0.2, 0.25) is 5.02 Å². The van der Waals surface area contributed by atoms with Crippen LogP contribution in [0.1, 0.15) is 68.4 Å². The van der Waals surface area contributed by atoms with Crippen LogP contribution in [-0.4, -0.2) is 12.5 Å². The largest absolute Gasteiger partial charge is 0.233 e. The van der Waals surface area contributed by atoms with Crippen LogP contribution >= 0.6 is 22.5 Å². The van der Waals surface area contributed by atoms with Crippen LogP contribution in [0.5, 0.6) is 0 Å². The molecule has 0 aliphatic heterocycles. The van der Waals surface area contributed by atoms with Gasteiger partial charge in [0, 0.05) is 5.02 Å². The topological polar surface area (TPSA) is 0 Å². The first-order valence-electron chi connectivity index (χ1n) is 10.4. The van der Waals surface area contributed by atoms with Crippen molar-refractivity contribution in [3.05, 3.63) is 62.9 Å². The lowest BCUT2D eigenvalue weighted by molar-refractivity contribution is 0.458. The zero-order valence-electron chi connectivity index (χ0n) is 18.5. The van der Waals surface area contributed by atoms with Gasteiger partial charge in [0.15, 0.2) is 0 Å². The third-order valence-corrected chi connectivity index (χ3v) is 7.68. The van der Waals surface area contributed by atoms with Crippen LogP contribution < -0.4 is 0 Å². The normalized spacial score (nSPS) is 12.4. The molecule has 0 N–H and O–H groups in total. The second-order valence-electron chi connectivity index (χ2n) is 8.68. The second-order valence-corrected chi connectivity index (χ2v) is 11.4. The van der Waals surface area contributed by atoms with Crippen molar-refractivity contribution >= 4 is 22.5 Å². The summed E-state index contributed by atoms with van der Waals surface area (Å²) in [6.45, 7) is 10.7. The molecule has 156 valence electrons. The van der Waals surface area contributed by atoms with E-state index in [0.29, 0.717) is 0 Å². The van der Waals surface area contributed by atoms with Crippen LogP contribution in [0.3, 0.4) is 0 Å². The number of halogens is 2. The molecule has 0 nitrogen and oxygen atoms in total. The fourth-order valence-corrected chi connectivity index (χ4v) is 4.85. The van der Waals surface area contributed by atoms with Gasteiger partial charge in [-0.3, -0.25) is 0 Å². The first-order chi connectivity index (χ1) is 13.1. The molecule has 28 heavy (non-hydrogen) atoms. The summed E-state index contributed by atoms with van der Waals surface area (Å²) in [5.41, 5.74) is 5.41. The molecule has 0 radical (unpaired) electrons. The molecule has 0 saturated carbocycles. The number of rotatable bonds is 8. The Labute approximate surface area is 179 Å². The van der Waals surface area contributed by atoms with Crippen LogP contribution in [0.25, 0.3) is 0 Å². The summed E-state index contributed by atoms with van der Waals surface area (Å²) >= 11 is 6.60. The zero-order valence-corrected chi connectivity index (χ0v) is 20.2. The van der Waals surface area contributed by atoms with Crippen molar-refractivity contribution in [3.63, 3.8) is 0 Å². The molecule has 2 aromatic carbocycles. The van der Waals surface area contributed by atoms with E-state index in [0.717, 1.165) is 48.3 Å². The average molecular weight is 423 g/mol. The van der Waals surface area contributed by atoms with Gasteiger partial charge in [0.2, 0.25) is 0 Å². The highest BCUT2D eigenvalue weighted by Gasteiger charge is 2.23. The molecule has 0 atom stereocenters. The molecule has 0 heterocycles. The van der Waals surface area contributed by atoms with Gasteiger partial charge in [0.25, 0.3) is 0 Å². The lowest BCUT2D eigenvalue weighted by atomic mass is 9.78. The maximum atomic E-state index is 14.5. The van der Waals surface area contributed by atoms with Crippen molar-refractivity contribution in [2.75, 3.05) is 12.5 Å². The van der Waals surface area contributed by atoms with E-state index in [1.165, 1.54) is 21.6 Å². The fourth-order valence-electron chi connectivity index (χ4n) is 3.78. The minimum Gasteiger partial charge on any atom is -0.233 e. The number of thiol groups is 1. The van der Waals surface area contributed by atoms with Gasteiger partial charge < -0.3 is 0 Å². The van der Waals surface area contributed by atoms with E-state index in [9.17, 15) is 4.39 Å². The summed E-state index contributed by atoms with van der Waals surface area (Å²) in [7, 11) is -0.123. The molecular formula is C25H36ClFS. The smallest absolute Gasteiger partial charge is 0.129 e. The Morgan fingerprint density at radius 3 is 2.04 bits per heavy atom. The highest BCUT2D eigenvalue weighted by atomic mass is 35.5. The van der Waals surface area contributed by atoms with Gasteiger partial charge in [0.05, 0.1) is 0 Å². The molecular weight excluding hydrogens is 387 g/mol. The third kappa shape index (κ3) is 5.33. The summed E-state index contributed by atoms with van der Waals surface area (Å²) in [4.78, 5) is 1.42. The SMILES string of the molecule is CCc1cc(C(C)(C)CCCc2cc([SH](C)C)cc(C)c2Cl)cc(CC)c1F. The Balaban J connectivity index is 2.19. The maximum absolute atomic E-state index is 14.5. The van der Waals surface area contributed by atoms with Crippen molar-refractivity contribution < 1.29 is 4.39 Å². The quantitative estimate of drug-likeness (QED) is 0.411. The summed E-state index contributed by atoms with van der Waals surface area (Å²) in [5, 5.41) is 0.918. The van der Waals surface area contributed by atoms with Crippen molar-refractivity contribution in [1.82, 2.24) is 0 Å². The fraction of sp³-hybridized carbons (Fsp3) is 0.520. The van der Waals surface area contributed by atoms with Crippen molar-refractivity contribution in [1.29, 1.82) is 0 Å². The summed E-state index contributed by atoms with van der Waals surface area (Å²) < 4.78 is 14.5. The minimum absolute atomic E-state index is 0.0146. The molecule has 3 heteroatoms. The third-order valence-electron chi connectivity index (χ3n) is 5.85. The molecule has 2 rings (SSSR count). The lowest BCUT2D eigenvalue weighted by Gasteiger charge is -2.27. The van der Waals surface area contributed by atoms with E-state index in [2.05, 4.69) is 57.5 Å². The average Bonchev–Trinajstić information content (AvgIpc) is 2.64. The van der Waals surface area contributed by atoms with Gasteiger partial charge in [-0.2, -0.15) is 0 Å². The highest BCUT2D eigenvalue weighted by molar-refractivity contribution is 8.15. The number of aryl methyl sites for hydroxylation is 4. The Hall–Kier alpha value is -0.990. The molecule has 0 aliphatic rings. The number of hydrogen-bond donors (Lipinski definition) is 1. The van der Waals surface area contributed by atoms with Gasteiger partial charge in [0.1, 0.15) is 5.82 Å². The summed E-state index contributed by atoms with van der Waals surface area (Å²) in [6, 6.07) is 8.69. The minimum atomic E-state index is -0.123. The molecule has 0 saturated heterocycles. The van der Waals surface area contributed by atoms with Gasteiger partial charge >= 0.3 is 0 Å². The first kappa shape index (κ1) is 23.3. The van der Waals surface area contributed by atoms with E-state index in [1.54, 1.807) is 0 Å². The predicted molar refractivity (Wildman–Crippen MR) is 126 cm³/mol. The van der Waals surface area contributed by atoms with Crippen LogP contribution in [-0.2, 0) is 24.7 Å². The Morgan fingerprint density at radius 2 is 1.54 bits per heavy atom. The van der Waals surface area contributed by atoms with Crippen LogP contribution in [0.4, 0.5) is 4.39 Å². The van der Waals surface area contributed by atoms with Gasteiger partial charge in [-0.1, -0.05) is 51.4 Å². The highest BCUT2D eigenvalue weighted by Crippen LogP contribution is 2.36. The van der Waals surface area contributed by atoms with E-state index in [-0.39, 0.29) is 22.1 Å².